The van der Waals surface area contributed by atoms with Crippen LogP contribution in [-0.2, 0) is 0 Å². The molecule has 1 nitrogen and oxygen atoms in total. The first-order valence-electron chi connectivity index (χ1n) is 3.57. The van der Waals surface area contributed by atoms with Crippen LogP contribution in [0, 0.1) is 5.92 Å². The van der Waals surface area contributed by atoms with Crippen molar-refractivity contribution in [1.29, 1.82) is 0 Å². The Bertz CT molecular complexity index is 86.6. The van der Waals surface area contributed by atoms with Gasteiger partial charge < -0.3 is 5.73 Å². The molecule has 0 saturated carbocycles. The molecule has 0 aliphatic rings. The molecule has 1 atom stereocenters. The van der Waals surface area contributed by atoms with Crippen LogP contribution in [0.3, 0.4) is 0 Å². The van der Waals surface area contributed by atoms with E-state index in [1.807, 2.05) is 0 Å². The molecule has 1 unspecified atom stereocenters. The van der Waals surface area contributed by atoms with Crippen molar-refractivity contribution >= 4 is 0 Å². The van der Waals surface area contributed by atoms with Crippen molar-refractivity contribution in [3.63, 3.8) is 0 Å². The van der Waals surface area contributed by atoms with Gasteiger partial charge in [0, 0.05) is 0 Å². The zero-order valence-corrected chi connectivity index (χ0v) is 6.48. The van der Waals surface area contributed by atoms with Gasteiger partial charge in [-0.15, -0.1) is 0 Å². The molecule has 0 aromatic carbocycles. The summed E-state index contributed by atoms with van der Waals surface area (Å²) in [6.07, 6.45) is 2.26. The Kier molecular flexibility index (Phi) is 4.41. The highest BCUT2D eigenvalue weighted by Gasteiger charge is 2.03. The van der Waals surface area contributed by atoms with Crippen LogP contribution >= 0.6 is 0 Å². The zero-order chi connectivity index (χ0) is 7.28. The molecule has 0 aliphatic heterocycles. The first-order valence-corrected chi connectivity index (χ1v) is 3.57. The predicted molar refractivity (Wildman–Crippen MR) is 42.3 cm³/mol. The van der Waals surface area contributed by atoms with Gasteiger partial charge in [0.05, 0.1) is 0 Å². The number of allylic oxidation sites excluding steroid dienone is 1. The Morgan fingerprint density at radius 1 is 1.67 bits per heavy atom. The molecule has 9 heavy (non-hydrogen) atoms. The summed E-state index contributed by atoms with van der Waals surface area (Å²) in [4.78, 5) is 0. The Labute approximate surface area is 57.9 Å². The first kappa shape index (κ1) is 8.70. The summed E-state index contributed by atoms with van der Waals surface area (Å²) in [7, 11) is 0. The Balaban J connectivity index is 3.54. The minimum absolute atomic E-state index is 0.648. The molecule has 54 valence electrons. The molecule has 0 aromatic rings. The first-order chi connectivity index (χ1) is 4.22. The van der Waals surface area contributed by atoms with Crippen LogP contribution in [0.25, 0.3) is 0 Å². The van der Waals surface area contributed by atoms with E-state index in [0.717, 1.165) is 13.0 Å². The fourth-order valence-electron chi connectivity index (χ4n) is 1.00. The Hall–Kier alpha value is -0.300. The van der Waals surface area contributed by atoms with Crippen LogP contribution < -0.4 is 5.73 Å². The standard InChI is InChI=1S/C8H17N/c1-4-8(5-6-9)7(2)3/h8H,2,4-6,9H2,1,3H3. The maximum atomic E-state index is 5.40. The van der Waals surface area contributed by atoms with Crippen molar-refractivity contribution in [2.45, 2.75) is 26.7 Å². The molecular formula is C8H17N. The quantitative estimate of drug-likeness (QED) is 0.574. The molecule has 0 radical (unpaired) electrons. The van der Waals surface area contributed by atoms with Crippen LogP contribution in [0.2, 0.25) is 0 Å². The molecule has 0 aromatic heterocycles. The van der Waals surface area contributed by atoms with Crippen LogP contribution in [0.15, 0.2) is 12.2 Å². The Morgan fingerprint density at radius 2 is 2.22 bits per heavy atom. The van der Waals surface area contributed by atoms with Gasteiger partial charge in [-0.3, -0.25) is 0 Å². The average molecular weight is 127 g/mol. The van der Waals surface area contributed by atoms with Gasteiger partial charge in [-0.25, -0.2) is 0 Å². The SMILES string of the molecule is C=C(C)C(CC)CCN. The maximum absolute atomic E-state index is 5.40. The second-order valence-electron chi connectivity index (χ2n) is 2.53. The fourth-order valence-corrected chi connectivity index (χ4v) is 1.00. The molecule has 0 bridgehead atoms. The number of hydrogen-bond donors (Lipinski definition) is 1. The summed E-state index contributed by atoms with van der Waals surface area (Å²) < 4.78 is 0. The van der Waals surface area contributed by atoms with Gasteiger partial charge in [-0.05, 0) is 32.2 Å². The lowest BCUT2D eigenvalue weighted by Crippen LogP contribution is -2.08. The van der Waals surface area contributed by atoms with E-state index in [2.05, 4.69) is 20.4 Å². The second-order valence-corrected chi connectivity index (χ2v) is 2.53. The van der Waals surface area contributed by atoms with E-state index in [4.69, 9.17) is 5.73 Å². The van der Waals surface area contributed by atoms with Crippen molar-refractivity contribution in [1.82, 2.24) is 0 Å². The van der Waals surface area contributed by atoms with Crippen LogP contribution in [-0.4, -0.2) is 6.54 Å². The normalized spacial score (nSPS) is 13.2. The van der Waals surface area contributed by atoms with Crippen molar-refractivity contribution in [2.75, 3.05) is 6.54 Å². The molecule has 1 heteroatoms. The summed E-state index contributed by atoms with van der Waals surface area (Å²) in [5.41, 5.74) is 6.67. The van der Waals surface area contributed by atoms with Gasteiger partial charge in [-0.1, -0.05) is 19.1 Å². The van der Waals surface area contributed by atoms with Gasteiger partial charge in [0.1, 0.15) is 0 Å². The van der Waals surface area contributed by atoms with E-state index >= 15 is 0 Å². The molecule has 0 rings (SSSR count). The van der Waals surface area contributed by atoms with Crippen LogP contribution in [0.5, 0.6) is 0 Å². The third kappa shape index (κ3) is 3.31. The fraction of sp³-hybridized carbons (Fsp3) is 0.750. The largest absolute Gasteiger partial charge is 0.330 e. The third-order valence-corrected chi connectivity index (χ3v) is 1.70. The van der Waals surface area contributed by atoms with E-state index in [1.54, 1.807) is 0 Å². The van der Waals surface area contributed by atoms with Gasteiger partial charge in [0.2, 0.25) is 0 Å². The van der Waals surface area contributed by atoms with E-state index in [1.165, 1.54) is 12.0 Å². The summed E-state index contributed by atoms with van der Waals surface area (Å²) >= 11 is 0. The van der Waals surface area contributed by atoms with Crippen molar-refractivity contribution in [3.05, 3.63) is 12.2 Å². The monoisotopic (exact) mass is 127 g/mol. The van der Waals surface area contributed by atoms with Gasteiger partial charge in [0.25, 0.3) is 0 Å². The van der Waals surface area contributed by atoms with E-state index in [9.17, 15) is 0 Å². The minimum Gasteiger partial charge on any atom is -0.330 e. The lowest BCUT2D eigenvalue weighted by molar-refractivity contribution is 0.552. The molecular weight excluding hydrogens is 110 g/mol. The number of hydrogen-bond acceptors (Lipinski definition) is 1. The molecule has 0 aliphatic carbocycles. The third-order valence-electron chi connectivity index (χ3n) is 1.70. The summed E-state index contributed by atoms with van der Waals surface area (Å²) in [5, 5.41) is 0. The van der Waals surface area contributed by atoms with E-state index in [-0.39, 0.29) is 0 Å². The average Bonchev–Trinajstić information content (AvgIpc) is 1.82. The van der Waals surface area contributed by atoms with E-state index < -0.39 is 0 Å². The lowest BCUT2D eigenvalue weighted by Gasteiger charge is -2.11. The summed E-state index contributed by atoms with van der Waals surface area (Å²) in [5.74, 6) is 0.648. The molecule has 0 heterocycles. The highest BCUT2D eigenvalue weighted by atomic mass is 14.5. The molecule has 0 fully saturated rings. The van der Waals surface area contributed by atoms with Crippen molar-refractivity contribution in [3.8, 4) is 0 Å². The topological polar surface area (TPSA) is 26.0 Å². The maximum Gasteiger partial charge on any atom is -0.00716 e. The molecule has 0 spiro atoms. The van der Waals surface area contributed by atoms with Crippen molar-refractivity contribution in [2.24, 2.45) is 11.7 Å². The Morgan fingerprint density at radius 3 is 2.33 bits per heavy atom. The molecule has 0 saturated heterocycles. The summed E-state index contributed by atoms with van der Waals surface area (Å²) in [6, 6.07) is 0. The lowest BCUT2D eigenvalue weighted by atomic mass is 9.96. The smallest absolute Gasteiger partial charge is 0.00716 e. The second kappa shape index (κ2) is 4.57. The zero-order valence-electron chi connectivity index (χ0n) is 6.48. The summed E-state index contributed by atoms with van der Waals surface area (Å²) in [6.45, 7) is 8.92. The van der Waals surface area contributed by atoms with Gasteiger partial charge in [-0.2, -0.15) is 0 Å². The molecule has 0 amide bonds. The van der Waals surface area contributed by atoms with Crippen molar-refractivity contribution < 1.29 is 0 Å². The van der Waals surface area contributed by atoms with Gasteiger partial charge >= 0.3 is 0 Å². The van der Waals surface area contributed by atoms with E-state index in [0.29, 0.717) is 5.92 Å². The minimum atomic E-state index is 0.648. The predicted octanol–water partition coefficient (Wildman–Crippen LogP) is 1.94. The highest BCUT2D eigenvalue weighted by Crippen LogP contribution is 2.15. The van der Waals surface area contributed by atoms with Crippen LogP contribution in [0.1, 0.15) is 26.7 Å². The highest BCUT2D eigenvalue weighted by molar-refractivity contribution is 4.95. The van der Waals surface area contributed by atoms with Crippen LogP contribution in [0.4, 0.5) is 0 Å². The molecule has 2 N–H and O–H groups in total. The van der Waals surface area contributed by atoms with Gasteiger partial charge in [0.15, 0.2) is 0 Å². The number of nitrogens with two attached hydrogens (primary N) is 1. The number of rotatable bonds is 4.